The first-order valence-electron chi connectivity index (χ1n) is 12.3. The summed E-state index contributed by atoms with van der Waals surface area (Å²) in [4.78, 5) is 41.8. The van der Waals surface area contributed by atoms with E-state index in [2.05, 4.69) is 0 Å². The van der Waals surface area contributed by atoms with Gasteiger partial charge >= 0.3 is 5.97 Å². The van der Waals surface area contributed by atoms with E-state index in [-0.39, 0.29) is 23.9 Å². The molecule has 0 radical (unpaired) electrons. The third-order valence-corrected chi connectivity index (χ3v) is 7.17. The molecular weight excluding hydrogens is 468 g/mol. The maximum atomic E-state index is 13.6. The molecule has 3 aromatic carbocycles. The molecule has 7 heteroatoms. The lowest BCUT2D eigenvalue weighted by Gasteiger charge is -2.43. The second-order valence-corrected chi connectivity index (χ2v) is 9.93. The van der Waals surface area contributed by atoms with E-state index in [1.54, 1.807) is 79.3 Å². The highest BCUT2D eigenvalue weighted by Gasteiger charge is 2.38. The largest absolute Gasteiger partial charge is 0.497 e. The molecule has 7 nitrogen and oxygen atoms in total. The Morgan fingerprint density at radius 1 is 0.973 bits per heavy atom. The zero-order valence-electron chi connectivity index (χ0n) is 21.8. The summed E-state index contributed by atoms with van der Waals surface area (Å²) in [5.41, 5.74) is 2.49. The minimum atomic E-state index is -1.05. The Labute approximate surface area is 217 Å². The van der Waals surface area contributed by atoms with Crippen LogP contribution in [-0.2, 0) is 15.0 Å². The maximum Gasteiger partial charge on any atom is 0.313 e. The van der Waals surface area contributed by atoms with Crippen LogP contribution in [-0.4, -0.2) is 36.0 Å². The van der Waals surface area contributed by atoms with Crippen molar-refractivity contribution >= 4 is 29.2 Å². The van der Waals surface area contributed by atoms with Crippen LogP contribution < -0.4 is 14.5 Å². The number of nitrogens with zero attached hydrogens (tertiary/aromatic N) is 2. The van der Waals surface area contributed by atoms with Crippen molar-refractivity contribution in [2.75, 3.05) is 16.9 Å². The van der Waals surface area contributed by atoms with Crippen LogP contribution in [0, 0.1) is 0 Å². The number of amides is 2. The summed E-state index contributed by atoms with van der Waals surface area (Å²) in [5.74, 6) is -0.484. The number of ether oxygens (including phenoxy) is 1. The average Bonchev–Trinajstić information content (AvgIpc) is 2.88. The van der Waals surface area contributed by atoms with Gasteiger partial charge in [-0.1, -0.05) is 30.3 Å². The van der Waals surface area contributed by atoms with Gasteiger partial charge in [0.15, 0.2) is 0 Å². The van der Waals surface area contributed by atoms with Gasteiger partial charge in [-0.2, -0.15) is 0 Å². The van der Waals surface area contributed by atoms with E-state index in [1.807, 2.05) is 31.2 Å². The number of carboxylic acid groups (broad SMARTS) is 1. The highest BCUT2D eigenvalue weighted by atomic mass is 16.5. The Bertz CT molecular complexity index is 1310. The maximum absolute atomic E-state index is 13.6. The van der Waals surface area contributed by atoms with Gasteiger partial charge in [-0.05, 0) is 80.8 Å². The van der Waals surface area contributed by atoms with Crippen LogP contribution in [0.5, 0.6) is 5.75 Å². The van der Waals surface area contributed by atoms with Gasteiger partial charge in [-0.25, -0.2) is 0 Å². The summed E-state index contributed by atoms with van der Waals surface area (Å²) >= 11 is 0. The first-order chi connectivity index (χ1) is 17.6. The first-order valence-corrected chi connectivity index (χ1v) is 12.3. The first kappa shape index (κ1) is 25.9. The molecule has 4 rings (SSSR count). The minimum absolute atomic E-state index is 0.115. The van der Waals surface area contributed by atoms with Gasteiger partial charge in [0.1, 0.15) is 5.75 Å². The predicted molar refractivity (Wildman–Crippen MR) is 143 cm³/mol. The zero-order chi connectivity index (χ0) is 26.9. The van der Waals surface area contributed by atoms with E-state index < -0.39 is 11.4 Å². The number of rotatable bonds is 6. The van der Waals surface area contributed by atoms with E-state index in [9.17, 15) is 19.5 Å². The number of benzene rings is 3. The number of hydrogen-bond donors (Lipinski definition) is 1. The van der Waals surface area contributed by atoms with Crippen molar-refractivity contribution in [3.63, 3.8) is 0 Å². The van der Waals surface area contributed by atoms with Crippen molar-refractivity contribution in [3.05, 3.63) is 89.5 Å². The van der Waals surface area contributed by atoms with Crippen LogP contribution >= 0.6 is 0 Å². The Balaban J connectivity index is 1.72. The Kier molecular flexibility index (Phi) is 7.07. The molecule has 1 aliphatic heterocycles. The molecule has 0 saturated carbocycles. The van der Waals surface area contributed by atoms with Crippen molar-refractivity contribution in [3.8, 4) is 5.75 Å². The summed E-state index contributed by atoms with van der Waals surface area (Å²) in [6, 6.07) is 21.4. The topological polar surface area (TPSA) is 87.2 Å². The highest BCUT2D eigenvalue weighted by molar-refractivity contribution is 6.07. The number of para-hydroxylation sites is 1. The van der Waals surface area contributed by atoms with Crippen LogP contribution in [0.1, 0.15) is 61.6 Å². The van der Waals surface area contributed by atoms with Gasteiger partial charge in [0.2, 0.25) is 5.91 Å². The Hall–Kier alpha value is -4.13. The van der Waals surface area contributed by atoms with Crippen molar-refractivity contribution < 1.29 is 24.2 Å². The highest BCUT2D eigenvalue weighted by Crippen LogP contribution is 2.43. The monoisotopic (exact) mass is 500 g/mol. The fourth-order valence-electron chi connectivity index (χ4n) is 4.95. The summed E-state index contributed by atoms with van der Waals surface area (Å²) in [6.45, 7) is 6.82. The Morgan fingerprint density at radius 3 is 2.16 bits per heavy atom. The van der Waals surface area contributed by atoms with Crippen molar-refractivity contribution in [1.82, 2.24) is 0 Å². The van der Waals surface area contributed by atoms with Crippen LogP contribution in [0.2, 0.25) is 0 Å². The van der Waals surface area contributed by atoms with Crippen molar-refractivity contribution in [1.29, 1.82) is 0 Å². The zero-order valence-corrected chi connectivity index (χ0v) is 21.8. The molecule has 192 valence electrons. The second-order valence-electron chi connectivity index (χ2n) is 9.93. The number of carbonyl (C=O) groups is 3. The summed E-state index contributed by atoms with van der Waals surface area (Å²) in [7, 11) is 1.58. The summed E-state index contributed by atoms with van der Waals surface area (Å²) in [5, 5.41) is 9.58. The number of methoxy groups -OCH3 is 1. The number of carbonyl (C=O) groups excluding carboxylic acids is 2. The molecule has 1 heterocycles. The molecule has 37 heavy (non-hydrogen) atoms. The minimum Gasteiger partial charge on any atom is -0.497 e. The molecule has 1 N–H and O–H groups in total. The van der Waals surface area contributed by atoms with Gasteiger partial charge in [-0.3, -0.25) is 14.4 Å². The van der Waals surface area contributed by atoms with Crippen molar-refractivity contribution in [2.45, 2.75) is 51.6 Å². The van der Waals surface area contributed by atoms with Gasteiger partial charge < -0.3 is 19.6 Å². The van der Waals surface area contributed by atoms with Gasteiger partial charge in [0, 0.05) is 29.9 Å². The molecule has 0 aliphatic carbocycles. The number of anilines is 2. The normalized spacial score (nSPS) is 17.1. The van der Waals surface area contributed by atoms with E-state index in [0.717, 1.165) is 11.3 Å². The van der Waals surface area contributed by atoms with E-state index in [0.29, 0.717) is 29.0 Å². The lowest BCUT2D eigenvalue weighted by molar-refractivity contribution is -0.142. The van der Waals surface area contributed by atoms with Gasteiger partial charge in [-0.15, -0.1) is 0 Å². The molecule has 3 aromatic rings. The SMILES string of the molecule is COc1ccc(C(=O)N2c3ccccc3[C@H](N(C(C)=O)c3ccc(C(C)(C)C(=O)O)cc3)C[C@@H]2C)cc1. The molecule has 0 bridgehead atoms. The van der Waals surface area contributed by atoms with Crippen LogP contribution in [0.15, 0.2) is 72.8 Å². The van der Waals surface area contributed by atoms with E-state index in [1.165, 1.54) is 6.92 Å². The lowest BCUT2D eigenvalue weighted by Crippen LogP contribution is -2.47. The third kappa shape index (κ3) is 4.81. The summed E-state index contributed by atoms with van der Waals surface area (Å²) < 4.78 is 5.22. The number of carboxylic acids is 1. The molecule has 0 saturated heterocycles. The second kappa shape index (κ2) is 10.1. The van der Waals surface area contributed by atoms with Crippen molar-refractivity contribution in [2.24, 2.45) is 0 Å². The van der Waals surface area contributed by atoms with Crippen LogP contribution in [0.4, 0.5) is 11.4 Å². The predicted octanol–water partition coefficient (Wildman–Crippen LogP) is 5.59. The summed E-state index contributed by atoms with van der Waals surface area (Å²) in [6.07, 6.45) is 0.543. The molecule has 0 fully saturated rings. The van der Waals surface area contributed by atoms with Gasteiger partial charge in [0.05, 0.1) is 18.6 Å². The fourth-order valence-corrected chi connectivity index (χ4v) is 4.95. The molecular formula is C30H32N2O5. The van der Waals surface area contributed by atoms with Crippen LogP contribution in [0.3, 0.4) is 0 Å². The molecule has 0 aromatic heterocycles. The quantitative estimate of drug-likeness (QED) is 0.477. The standard InChI is InChI=1S/C30H32N2O5/c1-19-18-27(32(20(2)33)23-14-12-22(13-15-23)30(3,4)29(35)36)25-8-6-7-9-26(25)31(19)28(34)21-10-16-24(37-5)17-11-21/h6-17,19,27H,18H2,1-5H3,(H,35,36)/t19-,27+/m0/s1. The van der Waals surface area contributed by atoms with E-state index in [4.69, 9.17) is 4.74 Å². The molecule has 1 aliphatic rings. The van der Waals surface area contributed by atoms with Gasteiger partial charge in [0.25, 0.3) is 5.91 Å². The Morgan fingerprint density at radius 2 is 1.59 bits per heavy atom. The molecule has 0 unspecified atom stereocenters. The third-order valence-electron chi connectivity index (χ3n) is 7.17. The number of hydrogen-bond acceptors (Lipinski definition) is 4. The van der Waals surface area contributed by atoms with Crippen LogP contribution in [0.25, 0.3) is 0 Å². The number of aliphatic carboxylic acids is 1. The molecule has 2 amide bonds. The van der Waals surface area contributed by atoms with E-state index >= 15 is 0 Å². The number of fused-ring (bicyclic) bond motifs is 1. The molecule has 2 atom stereocenters. The lowest BCUT2D eigenvalue weighted by atomic mass is 9.84. The average molecular weight is 501 g/mol. The smallest absolute Gasteiger partial charge is 0.313 e. The fraction of sp³-hybridized carbons (Fsp3) is 0.300. The molecule has 0 spiro atoms.